The van der Waals surface area contributed by atoms with Crippen LogP contribution in [0.5, 0.6) is 0 Å². The second kappa shape index (κ2) is 5.89. The van der Waals surface area contributed by atoms with Crippen molar-refractivity contribution in [1.29, 1.82) is 0 Å². The highest BCUT2D eigenvalue weighted by Gasteiger charge is 2.21. The molecule has 0 aliphatic carbocycles. The molecule has 1 saturated heterocycles. The van der Waals surface area contributed by atoms with Gasteiger partial charge in [-0.2, -0.15) is 16.7 Å². The number of halogens is 1. The molecule has 4 nitrogen and oxygen atoms in total. The number of nitrogens with two attached hydrogens (primary N) is 1. The van der Waals surface area contributed by atoms with E-state index in [0.717, 1.165) is 41.5 Å². The van der Waals surface area contributed by atoms with Gasteiger partial charge in [-0.3, -0.25) is 0 Å². The summed E-state index contributed by atoms with van der Waals surface area (Å²) in [4.78, 5) is 10.8. The molecule has 1 fully saturated rings. The Hall–Kier alpha value is -1.46. The maximum atomic E-state index is 6.33. The first-order valence-electron chi connectivity index (χ1n) is 6.47. The van der Waals surface area contributed by atoms with Crippen molar-refractivity contribution in [2.75, 3.05) is 35.2 Å². The number of thioether (sulfide) groups is 1. The number of aromatic nitrogens is 2. The summed E-state index contributed by atoms with van der Waals surface area (Å²) >= 11 is 8.28. The van der Waals surface area contributed by atoms with Gasteiger partial charge in [-0.15, -0.1) is 0 Å². The monoisotopic (exact) mass is 306 g/mol. The molecule has 0 unspecified atom stereocenters. The summed E-state index contributed by atoms with van der Waals surface area (Å²) in [7, 11) is 0. The molecular formula is C14H15ClN4S. The van der Waals surface area contributed by atoms with E-state index in [2.05, 4.69) is 14.9 Å². The Morgan fingerprint density at radius 1 is 1.10 bits per heavy atom. The number of nitrogen functional groups attached to an aromatic ring is 1. The fraction of sp³-hybridized carbons (Fsp3) is 0.286. The molecule has 1 aromatic carbocycles. The Morgan fingerprint density at radius 3 is 2.50 bits per heavy atom. The van der Waals surface area contributed by atoms with Crippen LogP contribution in [0.4, 0.5) is 11.8 Å². The van der Waals surface area contributed by atoms with E-state index in [1.165, 1.54) is 0 Å². The third-order valence-electron chi connectivity index (χ3n) is 3.24. The van der Waals surface area contributed by atoms with Gasteiger partial charge in [0, 0.05) is 24.6 Å². The first-order chi connectivity index (χ1) is 9.75. The Bertz CT molecular complexity index is 600. The largest absolute Gasteiger partial charge is 0.368 e. The summed E-state index contributed by atoms with van der Waals surface area (Å²) in [5, 5.41) is 0.414. The molecule has 2 aromatic rings. The molecule has 6 heteroatoms. The average Bonchev–Trinajstić information content (AvgIpc) is 2.48. The maximum absolute atomic E-state index is 6.33. The van der Waals surface area contributed by atoms with E-state index < -0.39 is 0 Å². The lowest BCUT2D eigenvalue weighted by Gasteiger charge is -2.29. The molecule has 2 N–H and O–H groups in total. The molecule has 1 aromatic heterocycles. The second-order valence-corrected chi connectivity index (χ2v) is 6.12. The van der Waals surface area contributed by atoms with Gasteiger partial charge < -0.3 is 10.6 Å². The highest BCUT2D eigenvalue weighted by molar-refractivity contribution is 7.99. The van der Waals surface area contributed by atoms with Crippen LogP contribution in [-0.4, -0.2) is 34.6 Å². The van der Waals surface area contributed by atoms with Gasteiger partial charge in [-0.05, 0) is 5.56 Å². The van der Waals surface area contributed by atoms with E-state index in [-0.39, 0.29) is 5.95 Å². The lowest BCUT2D eigenvalue weighted by Crippen LogP contribution is -2.33. The van der Waals surface area contributed by atoms with E-state index in [9.17, 15) is 0 Å². The molecule has 2 heterocycles. The molecule has 0 radical (unpaired) electrons. The minimum absolute atomic E-state index is 0.225. The van der Waals surface area contributed by atoms with Crippen LogP contribution in [0.15, 0.2) is 30.3 Å². The zero-order valence-electron chi connectivity index (χ0n) is 10.9. The zero-order valence-corrected chi connectivity index (χ0v) is 12.5. The van der Waals surface area contributed by atoms with Crippen molar-refractivity contribution in [2.45, 2.75) is 0 Å². The molecule has 0 spiro atoms. The van der Waals surface area contributed by atoms with Gasteiger partial charge in [-0.1, -0.05) is 41.9 Å². The first kappa shape index (κ1) is 13.5. The van der Waals surface area contributed by atoms with Crippen molar-refractivity contribution >= 4 is 35.1 Å². The van der Waals surface area contributed by atoms with Crippen molar-refractivity contribution < 1.29 is 0 Å². The van der Waals surface area contributed by atoms with Gasteiger partial charge in [0.25, 0.3) is 0 Å². The molecule has 20 heavy (non-hydrogen) atoms. The Balaban J connectivity index is 2.12. The molecular weight excluding hydrogens is 292 g/mol. The molecule has 1 aliphatic rings. The fourth-order valence-electron chi connectivity index (χ4n) is 2.30. The smallest absolute Gasteiger partial charge is 0.223 e. The van der Waals surface area contributed by atoms with Crippen LogP contribution < -0.4 is 10.6 Å². The summed E-state index contributed by atoms with van der Waals surface area (Å²) in [6, 6.07) is 9.98. The van der Waals surface area contributed by atoms with E-state index in [0.29, 0.717) is 5.15 Å². The number of hydrogen-bond donors (Lipinski definition) is 1. The van der Waals surface area contributed by atoms with Gasteiger partial charge in [0.15, 0.2) is 0 Å². The van der Waals surface area contributed by atoms with Crippen LogP contribution in [0.3, 0.4) is 0 Å². The van der Waals surface area contributed by atoms with Gasteiger partial charge in [0.2, 0.25) is 5.95 Å². The van der Waals surface area contributed by atoms with E-state index >= 15 is 0 Å². The standard InChI is InChI=1S/C14H15ClN4S/c15-12-11(10-4-2-1-3-5-10)13(18-14(16)17-12)19-6-8-20-9-7-19/h1-5H,6-9H2,(H2,16,17,18). The zero-order chi connectivity index (χ0) is 13.9. The number of nitrogens with zero attached hydrogens (tertiary/aromatic N) is 3. The Morgan fingerprint density at radius 2 is 1.80 bits per heavy atom. The summed E-state index contributed by atoms with van der Waals surface area (Å²) in [5.74, 6) is 3.25. The number of benzene rings is 1. The van der Waals surface area contributed by atoms with Crippen LogP contribution >= 0.6 is 23.4 Å². The van der Waals surface area contributed by atoms with Crippen molar-refractivity contribution in [2.24, 2.45) is 0 Å². The highest BCUT2D eigenvalue weighted by atomic mass is 35.5. The van der Waals surface area contributed by atoms with Crippen molar-refractivity contribution in [1.82, 2.24) is 9.97 Å². The van der Waals surface area contributed by atoms with Crippen molar-refractivity contribution in [3.8, 4) is 11.1 Å². The summed E-state index contributed by atoms with van der Waals surface area (Å²) < 4.78 is 0. The van der Waals surface area contributed by atoms with Crippen molar-refractivity contribution in [3.05, 3.63) is 35.5 Å². The van der Waals surface area contributed by atoms with Crippen LogP contribution in [0.2, 0.25) is 5.15 Å². The average molecular weight is 307 g/mol. The Labute approximate surface area is 127 Å². The number of rotatable bonds is 2. The minimum Gasteiger partial charge on any atom is -0.368 e. The predicted octanol–water partition coefficient (Wildman–Crippen LogP) is 2.93. The summed E-state index contributed by atoms with van der Waals surface area (Å²) in [6.45, 7) is 1.91. The lowest BCUT2D eigenvalue weighted by atomic mass is 10.1. The summed E-state index contributed by atoms with van der Waals surface area (Å²) in [5.41, 5.74) is 7.66. The van der Waals surface area contributed by atoms with Gasteiger partial charge in [-0.25, -0.2) is 4.98 Å². The lowest BCUT2D eigenvalue weighted by molar-refractivity contribution is 0.838. The molecule has 1 aliphatic heterocycles. The fourth-order valence-corrected chi connectivity index (χ4v) is 3.48. The van der Waals surface area contributed by atoms with Gasteiger partial charge in [0.1, 0.15) is 11.0 Å². The SMILES string of the molecule is Nc1nc(Cl)c(-c2ccccc2)c(N2CCSCC2)n1. The maximum Gasteiger partial charge on any atom is 0.223 e. The van der Waals surface area contributed by atoms with Crippen LogP contribution in [-0.2, 0) is 0 Å². The molecule has 0 amide bonds. The first-order valence-corrected chi connectivity index (χ1v) is 8.00. The minimum atomic E-state index is 0.225. The van der Waals surface area contributed by atoms with Gasteiger partial charge >= 0.3 is 0 Å². The second-order valence-electron chi connectivity index (χ2n) is 4.54. The van der Waals surface area contributed by atoms with Crippen molar-refractivity contribution in [3.63, 3.8) is 0 Å². The molecule has 0 bridgehead atoms. The van der Waals surface area contributed by atoms with Crippen LogP contribution in [0.25, 0.3) is 11.1 Å². The third kappa shape index (κ3) is 2.69. The molecule has 0 atom stereocenters. The normalized spacial score (nSPS) is 15.3. The third-order valence-corrected chi connectivity index (χ3v) is 4.45. The molecule has 0 saturated carbocycles. The predicted molar refractivity (Wildman–Crippen MR) is 86.4 cm³/mol. The van der Waals surface area contributed by atoms with Crippen LogP contribution in [0.1, 0.15) is 0 Å². The highest BCUT2D eigenvalue weighted by Crippen LogP contribution is 2.35. The molecule has 3 rings (SSSR count). The van der Waals surface area contributed by atoms with E-state index in [1.807, 2.05) is 42.1 Å². The molecule has 104 valence electrons. The van der Waals surface area contributed by atoms with E-state index in [4.69, 9.17) is 17.3 Å². The van der Waals surface area contributed by atoms with Crippen LogP contribution in [0, 0.1) is 0 Å². The Kier molecular flexibility index (Phi) is 3.98. The topological polar surface area (TPSA) is 55.0 Å². The summed E-state index contributed by atoms with van der Waals surface area (Å²) in [6.07, 6.45) is 0. The van der Waals surface area contributed by atoms with E-state index in [1.54, 1.807) is 0 Å². The number of anilines is 2. The number of hydrogen-bond acceptors (Lipinski definition) is 5. The van der Waals surface area contributed by atoms with Gasteiger partial charge in [0.05, 0.1) is 5.56 Å². The quantitative estimate of drug-likeness (QED) is 0.865.